The molecule has 110 valence electrons. The predicted octanol–water partition coefficient (Wildman–Crippen LogP) is 4.85. The topological polar surface area (TPSA) is 59.1 Å². The third-order valence-electron chi connectivity index (χ3n) is 3.33. The fourth-order valence-electron chi connectivity index (χ4n) is 2.27. The van der Waals surface area contributed by atoms with E-state index < -0.39 is 0 Å². The van der Waals surface area contributed by atoms with Gasteiger partial charge >= 0.3 is 0 Å². The zero-order chi connectivity index (χ0) is 15.6. The normalized spacial score (nSPS) is 10.7. The Morgan fingerprint density at radius 3 is 2.29 bits per heavy atom. The number of rotatable bonds is 4. The Morgan fingerprint density at radius 2 is 1.76 bits per heavy atom. The van der Waals surface area contributed by atoms with E-state index in [1.807, 2.05) is 12.1 Å². The number of nitrogens with two attached hydrogens (primary N) is 1. The van der Waals surface area contributed by atoms with E-state index in [-0.39, 0.29) is 5.84 Å². The van der Waals surface area contributed by atoms with E-state index >= 15 is 0 Å². The Balaban J connectivity index is 2.24. The smallest absolute Gasteiger partial charge is 0.128 e. The highest BCUT2D eigenvalue weighted by Gasteiger charge is 2.08. The number of halogens is 1. The van der Waals surface area contributed by atoms with Gasteiger partial charge in [0, 0.05) is 11.6 Å². The molecule has 4 heteroatoms. The lowest BCUT2D eigenvalue weighted by molar-refractivity contribution is 0.482. The van der Waals surface area contributed by atoms with Gasteiger partial charge < -0.3 is 10.5 Å². The van der Waals surface area contributed by atoms with Crippen LogP contribution in [0.2, 0.25) is 5.02 Å². The number of hydrogen-bond donors (Lipinski definition) is 2. The van der Waals surface area contributed by atoms with Crippen LogP contribution in [0.1, 0.15) is 36.5 Å². The minimum atomic E-state index is -0.0521. The van der Waals surface area contributed by atoms with Crippen LogP contribution in [0.4, 0.5) is 0 Å². The lowest BCUT2D eigenvalue weighted by Gasteiger charge is -2.13. The Morgan fingerprint density at radius 1 is 1.14 bits per heavy atom. The monoisotopic (exact) mass is 302 g/mol. The van der Waals surface area contributed by atoms with E-state index in [4.69, 9.17) is 27.5 Å². The van der Waals surface area contributed by atoms with Gasteiger partial charge in [-0.25, -0.2) is 0 Å². The molecule has 0 atom stereocenters. The Kier molecular flexibility index (Phi) is 4.53. The van der Waals surface area contributed by atoms with Crippen molar-refractivity contribution in [3.8, 4) is 11.5 Å². The van der Waals surface area contributed by atoms with E-state index in [1.54, 1.807) is 18.2 Å². The average Bonchev–Trinajstić information content (AvgIpc) is 2.37. The second-order valence-electron chi connectivity index (χ2n) is 5.33. The summed E-state index contributed by atoms with van der Waals surface area (Å²) in [5.74, 6) is 1.83. The second kappa shape index (κ2) is 6.19. The van der Waals surface area contributed by atoms with Gasteiger partial charge in [-0.15, -0.1) is 0 Å². The van der Waals surface area contributed by atoms with Crippen LogP contribution in [0.5, 0.6) is 11.5 Å². The Labute approximate surface area is 130 Å². The molecule has 3 nitrogen and oxygen atoms in total. The van der Waals surface area contributed by atoms with Gasteiger partial charge in [0.25, 0.3) is 0 Å². The van der Waals surface area contributed by atoms with Crippen molar-refractivity contribution in [1.82, 2.24) is 0 Å². The average molecular weight is 303 g/mol. The van der Waals surface area contributed by atoms with E-state index in [9.17, 15) is 0 Å². The third kappa shape index (κ3) is 3.56. The number of aryl methyl sites for hydroxylation is 1. The number of nitrogen functional groups attached to an aromatic ring is 1. The second-order valence-corrected chi connectivity index (χ2v) is 5.74. The predicted molar refractivity (Wildman–Crippen MR) is 87.8 cm³/mol. The maximum atomic E-state index is 7.41. The molecule has 21 heavy (non-hydrogen) atoms. The minimum Gasteiger partial charge on any atom is -0.457 e. The first-order chi connectivity index (χ1) is 9.88. The van der Waals surface area contributed by atoms with E-state index in [2.05, 4.69) is 26.8 Å². The van der Waals surface area contributed by atoms with Crippen LogP contribution in [0, 0.1) is 12.3 Å². The summed E-state index contributed by atoms with van der Waals surface area (Å²) in [6, 6.07) is 11.2. The van der Waals surface area contributed by atoms with Crippen molar-refractivity contribution in [2.24, 2.45) is 5.73 Å². The lowest BCUT2D eigenvalue weighted by atomic mass is 9.98. The van der Waals surface area contributed by atoms with Gasteiger partial charge in [0.1, 0.15) is 17.3 Å². The van der Waals surface area contributed by atoms with Gasteiger partial charge in [0.05, 0.1) is 5.02 Å². The first-order valence-electron chi connectivity index (χ1n) is 6.81. The van der Waals surface area contributed by atoms with Crippen LogP contribution >= 0.6 is 11.6 Å². The highest BCUT2D eigenvalue weighted by Crippen LogP contribution is 2.29. The van der Waals surface area contributed by atoms with Crippen LogP contribution in [0.15, 0.2) is 36.4 Å². The van der Waals surface area contributed by atoms with Crippen molar-refractivity contribution in [2.45, 2.75) is 26.7 Å². The summed E-state index contributed by atoms with van der Waals surface area (Å²) in [5, 5.41) is 7.82. The van der Waals surface area contributed by atoms with Crippen molar-refractivity contribution >= 4 is 17.4 Å². The molecule has 0 radical (unpaired) electrons. The van der Waals surface area contributed by atoms with Crippen LogP contribution < -0.4 is 10.5 Å². The summed E-state index contributed by atoms with van der Waals surface area (Å²) in [6.45, 7) is 6.42. The number of nitrogens with one attached hydrogen (secondary N) is 1. The zero-order valence-corrected chi connectivity index (χ0v) is 13.2. The van der Waals surface area contributed by atoms with Gasteiger partial charge in [-0.1, -0.05) is 31.5 Å². The van der Waals surface area contributed by atoms with Gasteiger partial charge in [-0.05, 0) is 48.2 Å². The molecule has 2 aromatic rings. The summed E-state index contributed by atoms with van der Waals surface area (Å²) in [6.07, 6.45) is 0. The largest absolute Gasteiger partial charge is 0.457 e. The number of benzene rings is 2. The molecular weight excluding hydrogens is 284 g/mol. The SMILES string of the molecule is Cc1cc(Oc2ccc(C(=N)N)c(Cl)c2)ccc1C(C)C. The molecule has 2 rings (SSSR count). The standard InChI is InChI=1S/C17H19ClN2O/c1-10(2)14-6-4-12(8-11(14)3)21-13-5-7-15(17(19)20)16(18)9-13/h4-10H,1-3H3,(H3,19,20). The molecule has 2 aromatic carbocycles. The van der Waals surface area contributed by atoms with E-state index in [0.29, 0.717) is 22.3 Å². The van der Waals surface area contributed by atoms with Crippen LogP contribution in [-0.4, -0.2) is 5.84 Å². The zero-order valence-electron chi connectivity index (χ0n) is 12.4. The summed E-state index contributed by atoms with van der Waals surface area (Å²) < 4.78 is 5.81. The van der Waals surface area contributed by atoms with Crippen molar-refractivity contribution in [3.63, 3.8) is 0 Å². The van der Waals surface area contributed by atoms with Crippen molar-refractivity contribution in [3.05, 3.63) is 58.1 Å². The molecule has 0 amide bonds. The molecule has 0 bridgehead atoms. The van der Waals surface area contributed by atoms with Crippen molar-refractivity contribution in [1.29, 1.82) is 5.41 Å². The lowest BCUT2D eigenvalue weighted by Crippen LogP contribution is -2.11. The molecule has 0 aliphatic carbocycles. The maximum Gasteiger partial charge on any atom is 0.128 e. The highest BCUT2D eigenvalue weighted by molar-refractivity contribution is 6.34. The van der Waals surface area contributed by atoms with Crippen LogP contribution in [-0.2, 0) is 0 Å². The van der Waals surface area contributed by atoms with Crippen molar-refractivity contribution in [2.75, 3.05) is 0 Å². The molecule has 0 fully saturated rings. The molecule has 0 spiro atoms. The van der Waals surface area contributed by atoms with E-state index in [0.717, 1.165) is 5.75 Å². The molecule has 0 saturated heterocycles. The maximum absolute atomic E-state index is 7.41. The Hall–Kier alpha value is -2.00. The van der Waals surface area contributed by atoms with Gasteiger partial charge in [0.15, 0.2) is 0 Å². The number of ether oxygens (including phenoxy) is 1. The quantitative estimate of drug-likeness (QED) is 0.626. The van der Waals surface area contributed by atoms with Crippen LogP contribution in [0.25, 0.3) is 0 Å². The van der Waals surface area contributed by atoms with Gasteiger partial charge in [-0.3, -0.25) is 5.41 Å². The highest BCUT2D eigenvalue weighted by atomic mass is 35.5. The number of hydrogen-bond acceptors (Lipinski definition) is 2. The molecule has 0 aromatic heterocycles. The summed E-state index contributed by atoms with van der Waals surface area (Å²) in [5.41, 5.74) is 8.46. The molecule has 0 aliphatic heterocycles. The fourth-order valence-corrected chi connectivity index (χ4v) is 2.55. The Bertz CT molecular complexity index is 680. The summed E-state index contributed by atoms with van der Waals surface area (Å²) in [7, 11) is 0. The van der Waals surface area contributed by atoms with Crippen molar-refractivity contribution < 1.29 is 4.74 Å². The fraction of sp³-hybridized carbons (Fsp3) is 0.235. The first-order valence-corrected chi connectivity index (χ1v) is 7.18. The molecule has 0 unspecified atom stereocenters. The van der Waals surface area contributed by atoms with Gasteiger partial charge in [0.2, 0.25) is 0 Å². The molecular formula is C17H19ClN2O. The van der Waals surface area contributed by atoms with Gasteiger partial charge in [-0.2, -0.15) is 0 Å². The summed E-state index contributed by atoms with van der Waals surface area (Å²) >= 11 is 6.09. The first kappa shape index (κ1) is 15.4. The number of amidine groups is 1. The van der Waals surface area contributed by atoms with E-state index in [1.165, 1.54) is 11.1 Å². The minimum absolute atomic E-state index is 0.0521. The molecule has 3 N–H and O–H groups in total. The third-order valence-corrected chi connectivity index (χ3v) is 3.64. The molecule has 0 saturated carbocycles. The summed E-state index contributed by atoms with van der Waals surface area (Å²) in [4.78, 5) is 0. The van der Waals surface area contributed by atoms with Crippen LogP contribution in [0.3, 0.4) is 0 Å². The molecule has 0 heterocycles. The molecule has 0 aliphatic rings.